The Labute approximate surface area is 145 Å². The van der Waals surface area contributed by atoms with Crippen LogP contribution in [-0.2, 0) is 11.3 Å². The maximum absolute atomic E-state index is 12.1. The molecule has 5 heteroatoms. The van der Waals surface area contributed by atoms with E-state index in [1.165, 1.54) is 19.4 Å². The average Bonchev–Trinajstić information content (AvgIpc) is 3.26. The van der Waals surface area contributed by atoms with Gasteiger partial charge in [-0.2, -0.15) is 0 Å². The van der Waals surface area contributed by atoms with Gasteiger partial charge in [-0.3, -0.25) is 4.79 Å². The van der Waals surface area contributed by atoms with E-state index in [0.717, 1.165) is 50.3 Å². The number of rotatable bonds is 7. The highest BCUT2D eigenvalue weighted by Gasteiger charge is 2.20. The number of nitrogens with zero attached hydrogens (tertiary/aromatic N) is 2. The van der Waals surface area contributed by atoms with E-state index in [-0.39, 0.29) is 12.5 Å². The Morgan fingerprint density at radius 3 is 2.75 bits per heavy atom. The van der Waals surface area contributed by atoms with Gasteiger partial charge in [0.15, 0.2) is 6.61 Å². The number of para-hydroxylation sites is 1. The lowest BCUT2D eigenvalue weighted by atomic mass is 10.2. The van der Waals surface area contributed by atoms with Crippen LogP contribution in [0.25, 0.3) is 0 Å². The van der Waals surface area contributed by atoms with Crippen LogP contribution in [0.3, 0.4) is 0 Å². The largest absolute Gasteiger partial charge is 0.483 e. The number of likely N-dealkylation sites (N-methyl/N-ethyl adjacent to an activating group) is 1. The smallest absolute Gasteiger partial charge is 0.260 e. The summed E-state index contributed by atoms with van der Waals surface area (Å²) in [7, 11) is 2.19. The number of likely N-dealkylation sites (tertiary alicyclic amines) is 2. The second-order valence-corrected chi connectivity index (χ2v) is 6.89. The molecule has 0 bridgehead atoms. The summed E-state index contributed by atoms with van der Waals surface area (Å²) in [5.74, 6) is 0.917. The highest BCUT2D eigenvalue weighted by Crippen LogP contribution is 2.19. The van der Waals surface area contributed by atoms with Gasteiger partial charge in [0.05, 0.1) is 0 Å². The van der Waals surface area contributed by atoms with Crippen LogP contribution in [0.5, 0.6) is 5.75 Å². The molecule has 0 spiro atoms. The molecule has 2 heterocycles. The summed E-state index contributed by atoms with van der Waals surface area (Å²) in [5.41, 5.74) is 1.12. The Bertz CT molecular complexity index is 543. The van der Waals surface area contributed by atoms with Crippen LogP contribution >= 0.6 is 0 Å². The van der Waals surface area contributed by atoms with E-state index in [1.807, 2.05) is 23.1 Å². The molecule has 2 fully saturated rings. The molecule has 2 saturated heterocycles. The maximum atomic E-state index is 12.1. The zero-order valence-electron chi connectivity index (χ0n) is 14.7. The lowest BCUT2D eigenvalue weighted by molar-refractivity contribution is -0.132. The van der Waals surface area contributed by atoms with Crippen molar-refractivity contribution < 1.29 is 9.53 Å². The SMILES string of the molecule is CN1CCC[C@@H]1CNCc1ccccc1OCC(=O)N1CCCC1. The quantitative estimate of drug-likeness (QED) is 0.828. The van der Waals surface area contributed by atoms with Gasteiger partial charge in [0.1, 0.15) is 5.75 Å². The van der Waals surface area contributed by atoms with Gasteiger partial charge in [-0.25, -0.2) is 0 Å². The Morgan fingerprint density at radius 1 is 1.21 bits per heavy atom. The zero-order valence-corrected chi connectivity index (χ0v) is 14.7. The molecule has 0 radical (unpaired) electrons. The van der Waals surface area contributed by atoms with Crippen LogP contribution in [0.2, 0.25) is 0 Å². The second kappa shape index (κ2) is 8.49. The molecule has 2 aliphatic heterocycles. The molecule has 5 nitrogen and oxygen atoms in total. The van der Waals surface area contributed by atoms with Gasteiger partial charge in [0, 0.05) is 37.8 Å². The molecule has 1 amide bonds. The number of amides is 1. The summed E-state index contributed by atoms with van der Waals surface area (Å²) in [6.07, 6.45) is 4.79. The number of ether oxygens (including phenoxy) is 1. The third-order valence-electron chi connectivity index (χ3n) is 5.15. The first-order chi connectivity index (χ1) is 11.7. The van der Waals surface area contributed by atoms with Gasteiger partial charge in [-0.15, -0.1) is 0 Å². The standard InChI is InChI=1S/C19H29N3O2/c1-21-10-6-8-17(21)14-20-13-16-7-2-3-9-18(16)24-15-19(23)22-11-4-5-12-22/h2-3,7,9,17,20H,4-6,8,10-15H2,1H3/t17-/m1/s1. The summed E-state index contributed by atoms with van der Waals surface area (Å²) in [6.45, 7) is 4.86. The van der Waals surface area contributed by atoms with Gasteiger partial charge < -0.3 is 19.9 Å². The van der Waals surface area contributed by atoms with E-state index in [1.54, 1.807) is 0 Å². The Balaban J connectivity index is 1.48. The van der Waals surface area contributed by atoms with Crippen molar-refractivity contribution in [3.63, 3.8) is 0 Å². The molecule has 1 atom stereocenters. The summed E-state index contributed by atoms with van der Waals surface area (Å²) in [5, 5.41) is 3.54. The summed E-state index contributed by atoms with van der Waals surface area (Å²) < 4.78 is 5.81. The number of hydrogen-bond acceptors (Lipinski definition) is 4. The summed E-state index contributed by atoms with van der Waals surface area (Å²) in [4.78, 5) is 16.5. The number of hydrogen-bond donors (Lipinski definition) is 1. The molecule has 0 aromatic heterocycles. The molecule has 24 heavy (non-hydrogen) atoms. The molecule has 2 aliphatic rings. The Morgan fingerprint density at radius 2 is 2.00 bits per heavy atom. The minimum absolute atomic E-state index is 0.0999. The van der Waals surface area contributed by atoms with Gasteiger partial charge in [-0.05, 0) is 45.3 Å². The van der Waals surface area contributed by atoms with Crippen LogP contribution < -0.4 is 10.1 Å². The normalized spacial score (nSPS) is 21.4. The lowest BCUT2D eigenvalue weighted by Crippen LogP contribution is -2.35. The molecule has 0 saturated carbocycles. The minimum Gasteiger partial charge on any atom is -0.483 e. The maximum Gasteiger partial charge on any atom is 0.260 e. The average molecular weight is 331 g/mol. The van der Waals surface area contributed by atoms with E-state index in [0.29, 0.717) is 6.04 Å². The van der Waals surface area contributed by atoms with E-state index in [4.69, 9.17) is 4.74 Å². The molecule has 0 aliphatic carbocycles. The number of nitrogens with one attached hydrogen (secondary N) is 1. The fourth-order valence-corrected chi connectivity index (χ4v) is 3.60. The third-order valence-corrected chi connectivity index (χ3v) is 5.15. The van der Waals surface area contributed by atoms with Gasteiger partial charge in [-0.1, -0.05) is 18.2 Å². The van der Waals surface area contributed by atoms with Crippen molar-refractivity contribution in [3.8, 4) is 5.75 Å². The molecule has 1 aromatic rings. The van der Waals surface area contributed by atoms with E-state index < -0.39 is 0 Å². The third kappa shape index (κ3) is 4.48. The fraction of sp³-hybridized carbons (Fsp3) is 0.632. The molecular weight excluding hydrogens is 302 g/mol. The van der Waals surface area contributed by atoms with Crippen LogP contribution in [-0.4, -0.2) is 61.6 Å². The van der Waals surface area contributed by atoms with Crippen molar-refractivity contribution in [2.24, 2.45) is 0 Å². The highest BCUT2D eigenvalue weighted by atomic mass is 16.5. The molecule has 3 rings (SSSR count). The minimum atomic E-state index is 0.0999. The highest BCUT2D eigenvalue weighted by molar-refractivity contribution is 5.78. The Kier molecular flexibility index (Phi) is 6.10. The molecule has 1 aromatic carbocycles. The van der Waals surface area contributed by atoms with Crippen molar-refractivity contribution in [1.82, 2.24) is 15.1 Å². The molecule has 132 valence electrons. The number of carbonyl (C=O) groups is 1. The van der Waals surface area contributed by atoms with Gasteiger partial charge >= 0.3 is 0 Å². The summed E-state index contributed by atoms with van der Waals surface area (Å²) >= 11 is 0. The topological polar surface area (TPSA) is 44.8 Å². The first-order valence-electron chi connectivity index (χ1n) is 9.13. The predicted molar refractivity (Wildman–Crippen MR) is 95.1 cm³/mol. The molecule has 0 unspecified atom stereocenters. The van der Waals surface area contributed by atoms with Crippen LogP contribution in [0.1, 0.15) is 31.2 Å². The van der Waals surface area contributed by atoms with Crippen LogP contribution in [0.15, 0.2) is 24.3 Å². The second-order valence-electron chi connectivity index (χ2n) is 6.89. The fourth-order valence-electron chi connectivity index (χ4n) is 3.60. The monoisotopic (exact) mass is 331 g/mol. The van der Waals surface area contributed by atoms with Crippen molar-refractivity contribution >= 4 is 5.91 Å². The summed E-state index contributed by atoms with van der Waals surface area (Å²) in [6, 6.07) is 8.64. The van der Waals surface area contributed by atoms with Gasteiger partial charge in [0.25, 0.3) is 5.91 Å². The van der Waals surface area contributed by atoms with E-state index in [2.05, 4.69) is 23.3 Å². The number of carbonyl (C=O) groups excluding carboxylic acids is 1. The van der Waals surface area contributed by atoms with Crippen molar-refractivity contribution in [1.29, 1.82) is 0 Å². The van der Waals surface area contributed by atoms with Gasteiger partial charge in [0.2, 0.25) is 0 Å². The van der Waals surface area contributed by atoms with E-state index >= 15 is 0 Å². The van der Waals surface area contributed by atoms with E-state index in [9.17, 15) is 4.79 Å². The zero-order chi connectivity index (χ0) is 16.8. The van der Waals surface area contributed by atoms with Crippen LogP contribution in [0.4, 0.5) is 0 Å². The predicted octanol–water partition coefficient (Wildman–Crippen LogP) is 1.87. The molecular formula is C19H29N3O2. The lowest BCUT2D eigenvalue weighted by Gasteiger charge is -2.20. The first-order valence-corrected chi connectivity index (χ1v) is 9.13. The Hall–Kier alpha value is -1.59. The first kappa shape index (κ1) is 17.2. The van der Waals surface area contributed by atoms with Crippen molar-refractivity contribution in [3.05, 3.63) is 29.8 Å². The molecule has 1 N–H and O–H groups in total. The van der Waals surface area contributed by atoms with Crippen LogP contribution in [0, 0.1) is 0 Å². The van der Waals surface area contributed by atoms with Crippen molar-refractivity contribution in [2.75, 3.05) is 39.8 Å². The number of benzene rings is 1. The van der Waals surface area contributed by atoms with Crippen molar-refractivity contribution in [2.45, 2.75) is 38.3 Å².